The Kier molecular flexibility index (Phi) is 9.24. The molecule has 2 rings (SSSR count). The molecule has 0 aliphatic carbocycles. The van der Waals surface area contributed by atoms with Crippen molar-refractivity contribution in [2.75, 3.05) is 39.8 Å². The van der Waals surface area contributed by atoms with Crippen molar-refractivity contribution in [2.24, 2.45) is 21.5 Å². The standard InChI is InChI=1S/C20H26N4O2/c21-11-13-26-16-24-20(18-9-5-2-6-10-18)19(23-12-14-25-15-22)17-7-3-1-4-8-17/h1-10H,11-16,21-22H2. The molecule has 0 heterocycles. The van der Waals surface area contributed by atoms with Gasteiger partial charge in [-0.1, -0.05) is 60.7 Å². The minimum Gasteiger partial charge on any atom is -0.365 e. The molecule has 138 valence electrons. The van der Waals surface area contributed by atoms with Gasteiger partial charge in [-0.05, 0) is 0 Å². The van der Waals surface area contributed by atoms with Crippen molar-refractivity contribution in [2.45, 2.75) is 0 Å². The monoisotopic (exact) mass is 354 g/mol. The van der Waals surface area contributed by atoms with E-state index < -0.39 is 0 Å². The van der Waals surface area contributed by atoms with Crippen LogP contribution >= 0.6 is 0 Å². The van der Waals surface area contributed by atoms with E-state index in [0.717, 1.165) is 22.6 Å². The van der Waals surface area contributed by atoms with Crippen LogP contribution in [0.15, 0.2) is 70.6 Å². The highest BCUT2D eigenvalue weighted by Gasteiger charge is 2.14. The van der Waals surface area contributed by atoms with Gasteiger partial charge in [0.05, 0.1) is 37.9 Å². The zero-order valence-corrected chi connectivity index (χ0v) is 14.9. The van der Waals surface area contributed by atoms with Crippen molar-refractivity contribution >= 4 is 11.4 Å². The van der Waals surface area contributed by atoms with Crippen LogP contribution < -0.4 is 11.5 Å². The van der Waals surface area contributed by atoms with Crippen LogP contribution in [0.5, 0.6) is 0 Å². The molecular formula is C20H26N4O2. The summed E-state index contributed by atoms with van der Waals surface area (Å²) in [6, 6.07) is 19.9. The Bertz CT molecular complexity index is 626. The molecule has 6 nitrogen and oxygen atoms in total. The first-order valence-corrected chi connectivity index (χ1v) is 8.62. The molecular weight excluding hydrogens is 328 g/mol. The second kappa shape index (κ2) is 12.1. The maximum Gasteiger partial charge on any atom is 0.138 e. The van der Waals surface area contributed by atoms with Gasteiger partial charge < -0.3 is 20.9 Å². The molecule has 0 bridgehead atoms. The third-order valence-electron chi connectivity index (χ3n) is 3.52. The molecule has 0 aliphatic rings. The first-order chi connectivity index (χ1) is 12.9. The molecule has 0 saturated carbocycles. The lowest BCUT2D eigenvalue weighted by molar-refractivity contribution is 0.149. The Labute approximate surface area is 154 Å². The summed E-state index contributed by atoms with van der Waals surface area (Å²) in [4.78, 5) is 9.38. The SMILES string of the molecule is NCCOCN=C(C(=NCCOCN)c1ccccc1)c1ccccc1. The topological polar surface area (TPSA) is 95.2 Å². The normalized spacial score (nSPS) is 12.4. The Balaban J connectivity index is 2.36. The lowest BCUT2D eigenvalue weighted by Crippen LogP contribution is -2.20. The molecule has 2 aromatic carbocycles. The summed E-state index contributed by atoms with van der Waals surface area (Å²) < 4.78 is 10.7. The maximum absolute atomic E-state index is 5.48. The molecule has 0 fully saturated rings. The van der Waals surface area contributed by atoms with Crippen molar-refractivity contribution < 1.29 is 9.47 Å². The predicted molar refractivity (Wildman–Crippen MR) is 106 cm³/mol. The van der Waals surface area contributed by atoms with Gasteiger partial charge in [0.1, 0.15) is 6.73 Å². The van der Waals surface area contributed by atoms with Gasteiger partial charge in [0, 0.05) is 17.7 Å². The minimum absolute atomic E-state index is 0.183. The minimum atomic E-state index is 0.183. The van der Waals surface area contributed by atoms with Gasteiger partial charge in [0.15, 0.2) is 0 Å². The molecule has 6 heteroatoms. The number of nitrogens with two attached hydrogens (primary N) is 2. The van der Waals surface area contributed by atoms with E-state index >= 15 is 0 Å². The third kappa shape index (κ3) is 6.50. The molecule has 0 aromatic heterocycles. The van der Waals surface area contributed by atoms with E-state index in [9.17, 15) is 0 Å². The van der Waals surface area contributed by atoms with Gasteiger partial charge in [-0.3, -0.25) is 9.98 Å². The van der Waals surface area contributed by atoms with Crippen molar-refractivity contribution in [1.82, 2.24) is 0 Å². The van der Waals surface area contributed by atoms with E-state index in [4.69, 9.17) is 25.9 Å². The zero-order valence-electron chi connectivity index (χ0n) is 14.9. The summed E-state index contributed by atoms with van der Waals surface area (Å²) in [5.74, 6) is 0. The molecule has 0 aliphatic heterocycles. The molecule has 0 atom stereocenters. The summed E-state index contributed by atoms with van der Waals surface area (Å²) >= 11 is 0. The first kappa shape index (κ1) is 19.9. The molecule has 0 amide bonds. The largest absolute Gasteiger partial charge is 0.365 e. The number of hydrogen-bond donors (Lipinski definition) is 2. The van der Waals surface area contributed by atoms with Gasteiger partial charge in [0.2, 0.25) is 0 Å². The molecule has 0 unspecified atom stereocenters. The van der Waals surface area contributed by atoms with Gasteiger partial charge in [-0.2, -0.15) is 0 Å². The smallest absolute Gasteiger partial charge is 0.138 e. The number of hydrogen-bond acceptors (Lipinski definition) is 6. The van der Waals surface area contributed by atoms with E-state index in [1.807, 2.05) is 60.7 Å². The Morgan fingerprint density at radius 1 is 0.731 bits per heavy atom. The highest BCUT2D eigenvalue weighted by Crippen LogP contribution is 2.11. The van der Waals surface area contributed by atoms with Crippen LogP contribution in [0.4, 0.5) is 0 Å². The van der Waals surface area contributed by atoms with Crippen LogP contribution in [-0.2, 0) is 9.47 Å². The summed E-state index contributed by atoms with van der Waals surface area (Å²) in [5.41, 5.74) is 14.4. The highest BCUT2D eigenvalue weighted by molar-refractivity contribution is 6.53. The number of nitrogens with zero attached hydrogens (tertiary/aromatic N) is 2. The first-order valence-electron chi connectivity index (χ1n) is 8.62. The predicted octanol–water partition coefficient (Wildman–Crippen LogP) is 1.83. The van der Waals surface area contributed by atoms with Gasteiger partial charge in [-0.15, -0.1) is 0 Å². The molecule has 2 aromatic rings. The number of ether oxygens (including phenoxy) is 2. The summed E-state index contributed by atoms with van der Waals surface area (Å²) in [6.45, 7) is 2.30. The van der Waals surface area contributed by atoms with Crippen molar-refractivity contribution in [1.29, 1.82) is 0 Å². The number of benzene rings is 2. The third-order valence-corrected chi connectivity index (χ3v) is 3.52. The van der Waals surface area contributed by atoms with E-state index in [1.54, 1.807) is 0 Å². The average Bonchev–Trinajstić information content (AvgIpc) is 2.70. The van der Waals surface area contributed by atoms with Crippen LogP contribution in [0.25, 0.3) is 0 Å². The van der Waals surface area contributed by atoms with Crippen LogP contribution in [0.2, 0.25) is 0 Å². The summed E-state index contributed by atoms with van der Waals surface area (Å²) in [6.07, 6.45) is 0. The van der Waals surface area contributed by atoms with Gasteiger partial charge in [0.25, 0.3) is 0 Å². The fourth-order valence-corrected chi connectivity index (χ4v) is 2.36. The quantitative estimate of drug-likeness (QED) is 0.366. The van der Waals surface area contributed by atoms with Crippen LogP contribution in [0.1, 0.15) is 11.1 Å². The van der Waals surface area contributed by atoms with E-state index in [1.165, 1.54) is 0 Å². The van der Waals surface area contributed by atoms with Crippen LogP contribution in [0.3, 0.4) is 0 Å². The lowest BCUT2D eigenvalue weighted by atomic mass is 9.99. The van der Waals surface area contributed by atoms with Crippen LogP contribution in [-0.4, -0.2) is 51.2 Å². The second-order valence-corrected chi connectivity index (χ2v) is 5.37. The average molecular weight is 354 g/mol. The molecule has 0 radical (unpaired) electrons. The van der Waals surface area contributed by atoms with Crippen molar-refractivity contribution in [3.8, 4) is 0 Å². The molecule has 0 saturated heterocycles. The van der Waals surface area contributed by atoms with E-state index in [2.05, 4.69) is 4.99 Å². The lowest BCUT2D eigenvalue weighted by Gasteiger charge is -2.12. The van der Waals surface area contributed by atoms with Gasteiger partial charge >= 0.3 is 0 Å². The van der Waals surface area contributed by atoms with Crippen molar-refractivity contribution in [3.63, 3.8) is 0 Å². The van der Waals surface area contributed by atoms with Gasteiger partial charge in [-0.25, -0.2) is 0 Å². The highest BCUT2D eigenvalue weighted by atomic mass is 16.5. The Morgan fingerprint density at radius 3 is 1.85 bits per heavy atom. The molecule has 26 heavy (non-hydrogen) atoms. The number of aliphatic imine (C=N–C) groups is 2. The summed E-state index contributed by atoms with van der Waals surface area (Å²) in [7, 11) is 0. The maximum atomic E-state index is 5.48. The second-order valence-electron chi connectivity index (χ2n) is 5.37. The Hall–Kier alpha value is -2.38. The summed E-state index contributed by atoms with van der Waals surface area (Å²) in [5, 5.41) is 0. The zero-order chi connectivity index (χ0) is 18.5. The van der Waals surface area contributed by atoms with Crippen molar-refractivity contribution in [3.05, 3.63) is 71.8 Å². The van der Waals surface area contributed by atoms with E-state index in [0.29, 0.717) is 26.3 Å². The fourth-order valence-electron chi connectivity index (χ4n) is 2.36. The molecule has 4 N–H and O–H groups in total. The van der Waals surface area contributed by atoms with Crippen LogP contribution in [0, 0.1) is 0 Å². The molecule has 0 spiro atoms. The number of rotatable bonds is 11. The Morgan fingerprint density at radius 2 is 1.31 bits per heavy atom. The van der Waals surface area contributed by atoms with E-state index in [-0.39, 0.29) is 13.5 Å². The fraction of sp³-hybridized carbons (Fsp3) is 0.300.